The van der Waals surface area contributed by atoms with Gasteiger partial charge in [-0.1, -0.05) is 6.92 Å². The van der Waals surface area contributed by atoms with Crippen molar-refractivity contribution in [2.24, 2.45) is 0 Å². The molecule has 0 spiro atoms. The summed E-state index contributed by atoms with van der Waals surface area (Å²) in [5, 5.41) is 16.9. The lowest BCUT2D eigenvalue weighted by Gasteiger charge is -2.15. The van der Waals surface area contributed by atoms with Gasteiger partial charge in [-0.05, 0) is 18.9 Å². The number of aryl methyl sites for hydroxylation is 1. The first-order valence-corrected chi connectivity index (χ1v) is 6.76. The number of thiazole rings is 1. The molecule has 100 valence electrons. The van der Waals surface area contributed by atoms with Crippen LogP contribution in [0.4, 0.5) is 11.5 Å². The molecule has 1 atom stereocenters. The van der Waals surface area contributed by atoms with Gasteiger partial charge >= 0.3 is 5.69 Å². The smallest absolute Gasteiger partial charge is 0.311 e. The molecule has 1 N–H and O–H groups in total. The molecule has 0 aromatic carbocycles. The molecule has 2 heterocycles. The summed E-state index contributed by atoms with van der Waals surface area (Å²) < 4.78 is 0. The van der Waals surface area contributed by atoms with E-state index in [1.165, 1.54) is 17.4 Å². The van der Waals surface area contributed by atoms with Gasteiger partial charge in [0, 0.05) is 23.8 Å². The highest BCUT2D eigenvalue weighted by Gasteiger charge is 2.20. The maximum atomic E-state index is 11.0. The van der Waals surface area contributed by atoms with Crippen LogP contribution in [-0.2, 0) is 0 Å². The Morgan fingerprint density at radius 3 is 2.89 bits per heavy atom. The maximum absolute atomic E-state index is 11.0. The van der Waals surface area contributed by atoms with Gasteiger partial charge in [0.05, 0.1) is 11.0 Å². The van der Waals surface area contributed by atoms with E-state index in [0.717, 1.165) is 17.0 Å². The maximum Gasteiger partial charge on any atom is 0.311 e. The van der Waals surface area contributed by atoms with Gasteiger partial charge in [-0.2, -0.15) is 0 Å². The Bertz CT molecular complexity index is 571. The van der Waals surface area contributed by atoms with E-state index in [-0.39, 0.29) is 17.5 Å². The molecule has 0 fully saturated rings. The molecule has 7 heteroatoms. The second-order valence-corrected chi connectivity index (χ2v) is 5.04. The van der Waals surface area contributed by atoms with Crippen molar-refractivity contribution < 1.29 is 4.92 Å². The molecule has 1 unspecified atom stereocenters. The van der Waals surface area contributed by atoms with E-state index in [1.807, 2.05) is 12.3 Å². The largest absolute Gasteiger partial charge is 0.355 e. The molecule has 0 aliphatic heterocycles. The van der Waals surface area contributed by atoms with E-state index in [0.29, 0.717) is 0 Å². The number of hydrogen-bond donors (Lipinski definition) is 1. The van der Waals surface area contributed by atoms with Gasteiger partial charge in [-0.25, -0.2) is 9.97 Å². The lowest BCUT2D eigenvalue weighted by atomic mass is 10.2. The predicted molar refractivity (Wildman–Crippen MR) is 74.4 cm³/mol. The quantitative estimate of drug-likeness (QED) is 0.670. The van der Waals surface area contributed by atoms with Crippen LogP contribution in [0.2, 0.25) is 0 Å². The number of anilines is 1. The Hall–Kier alpha value is -2.02. The standard InChI is InChI=1S/C12H14N4O2S/c1-3-9(12-13-4-5-19-12)15-11-10(16(17)18)6-8(2)7-14-11/h4-7,9H,3H2,1-2H3,(H,14,15). The zero-order valence-electron chi connectivity index (χ0n) is 10.7. The average molecular weight is 278 g/mol. The minimum atomic E-state index is -0.420. The first-order valence-electron chi connectivity index (χ1n) is 5.88. The molecule has 0 bridgehead atoms. The summed E-state index contributed by atoms with van der Waals surface area (Å²) in [6, 6.07) is 1.46. The highest BCUT2D eigenvalue weighted by Crippen LogP contribution is 2.29. The van der Waals surface area contributed by atoms with E-state index >= 15 is 0 Å². The van der Waals surface area contributed by atoms with Crippen molar-refractivity contribution in [3.63, 3.8) is 0 Å². The third-order valence-corrected chi connectivity index (χ3v) is 3.56. The van der Waals surface area contributed by atoms with Crippen LogP contribution < -0.4 is 5.32 Å². The lowest BCUT2D eigenvalue weighted by molar-refractivity contribution is -0.384. The topological polar surface area (TPSA) is 81.0 Å². The molecule has 0 saturated carbocycles. The van der Waals surface area contributed by atoms with Gasteiger partial charge in [-0.15, -0.1) is 11.3 Å². The van der Waals surface area contributed by atoms with Crippen LogP contribution in [0.15, 0.2) is 23.8 Å². The Kier molecular flexibility index (Phi) is 4.06. The van der Waals surface area contributed by atoms with Crippen LogP contribution in [0.1, 0.15) is 30.0 Å². The third kappa shape index (κ3) is 3.05. The van der Waals surface area contributed by atoms with E-state index in [9.17, 15) is 10.1 Å². The van der Waals surface area contributed by atoms with Gasteiger partial charge < -0.3 is 5.32 Å². The van der Waals surface area contributed by atoms with Crippen molar-refractivity contribution in [2.45, 2.75) is 26.3 Å². The molecule has 0 amide bonds. The molecule has 0 aliphatic carbocycles. The fourth-order valence-electron chi connectivity index (χ4n) is 1.71. The first kappa shape index (κ1) is 13.4. The lowest BCUT2D eigenvalue weighted by Crippen LogP contribution is -2.12. The minimum absolute atomic E-state index is 0.00462. The van der Waals surface area contributed by atoms with E-state index in [1.54, 1.807) is 19.3 Å². The number of hydrogen-bond acceptors (Lipinski definition) is 6. The summed E-state index contributed by atoms with van der Waals surface area (Å²) in [6.45, 7) is 3.78. The fraction of sp³-hybridized carbons (Fsp3) is 0.333. The van der Waals surface area contributed by atoms with Gasteiger partial charge in [0.2, 0.25) is 5.82 Å². The monoisotopic (exact) mass is 278 g/mol. The number of rotatable bonds is 5. The Morgan fingerprint density at radius 2 is 2.32 bits per heavy atom. The highest BCUT2D eigenvalue weighted by atomic mass is 32.1. The number of aromatic nitrogens is 2. The first-order chi connectivity index (χ1) is 9.11. The number of pyridine rings is 1. The normalized spacial score (nSPS) is 12.1. The van der Waals surface area contributed by atoms with Crippen LogP contribution in [0, 0.1) is 17.0 Å². The van der Waals surface area contributed by atoms with Crippen molar-refractivity contribution in [3.8, 4) is 0 Å². The summed E-state index contributed by atoms with van der Waals surface area (Å²) in [4.78, 5) is 19.0. The summed E-state index contributed by atoms with van der Waals surface area (Å²) in [5.74, 6) is 0.289. The van der Waals surface area contributed by atoms with Gasteiger partial charge in [-0.3, -0.25) is 10.1 Å². The summed E-state index contributed by atoms with van der Waals surface area (Å²) in [6.07, 6.45) is 4.12. The second kappa shape index (κ2) is 5.75. The van der Waals surface area contributed by atoms with Crippen LogP contribution in [0.3, 0.4) is 0 Å². The molecule has 6 nitrogen and oxygen atoms in total. The van der Waals surface area contributed by atoms with E-state index < -0.39 is 4.92 Å². The van der Waals surface area contributed by atoms with Crippen LogP contribution in [-0.4, -0.2) is 14.9 Å². The summed E-state index contributed by atoms with van der Waals surface area (Å²) >= 11 is 1.52. The predicted octanol–water partition coefficient (Wildman–Crippen LogP) is 3.32. The Balaban J connectivity index is 2.29. The van der Waals surface area contributed by atoms with Crippen molar-refractivity contribution in [2.75, 3.05) is 5.32 Å². The summed E-state index contributed by atoms with van der Waals surface area (Å²) in [7, 11) is 0. The summed E-state index contributed by atoms with van der Waals surface area (Å²) in [5.41, 5.74) is 0.759. The molecular formula is C12H14N4O2S. The van der Waals surface area contributed by atoms with Crippen molar-refractivity contribution >= 4 is 22.8 Å². The number of nitrogens with zero attached hydrogens (tertiary/aromatic N) is 3. The van der Waals surface area contributed by atoms with Gasteiger partial charge in [0.25, 0.3) is 0 Å². The second-order valence-electron chi connectivity index (χ2n) is 4.11. The Labute approximate surface area is 114 Å². The molecule has 2 aromatic heterocycles. The molecule has 2 aromatic rings. The van der Waals surface area contributed by atoms with Gasteiger partial charge in [0.15, 0.2) is 0 Å². The molecular weight excluding hydrogens is 264 g/mol. The average Bonchev–Trinajstić information content (AvgIpc) is 2.90. The zero-order chi connectivity index (χ0) is 13.8. The molecule has 0 saturated heterocycles. The fourth-order valence-corrected chi connectivity index (χ4v) is 2.49. The SMILES string of the molecule is CCC(Nc1ncc(C)cc1[N+](=O)[O-])c1nccs1. The molecule has 0 aliphatic rings. The van der Waals surface area contributed by atoms with E-state index in [4.69, 9.17) is 0 Å². The molecule has 2 rings (SSSR count). The van der Waals surface area contributed by atoms with Crippen LogP contribution in [0.25, 0.3) is 0 Å². The van der Waals surface area contributed by atoms with Crippen molar-refractivity contribution in [3.05, 3.63) is 44.5 Å². The van der Waals surface area contributed by atoms with Gasteiger partial charge in [0.1, 0.15) is 5.01 Å². The van der Waals surface area contributed by atoms with Crippen molar-refractivity contribution in [1.82, 2.24) is 9.97 Å². The molecule has 19 heavy (non-hydrogen) atoms. The van der Waals surface area contributed by atoms with Crippen molar-refractivity contribution in [1.29, 1.82) is 0 Å². The van der Waals surface area contributed by atoms with Crippen LogP contribution >= 0.6 is 11.3 Å². The number of nitro groups is 1. The van der Waals surface area contributed by atoms with E-state index in [2.05, 4.69) is 15.3 Å². The minimum Gasteiger partial charge on any atom is -0.355 e. The highest BCUT2D eigenvalue weighted by molar-refractivity contribution is 7.09. The molecule has 0 radical (unpaired) electrons. The zero-order valence-corrected chi connectivity index (χ0v) is 11.5. The number of nitrogens with one attached hydrogen (secondary N) is 1. The van der Waals surface area contributed by atoms with Crippen LogP contribution in [0.5, 0.6) is 0 Å². The third-order valence-electron chi connectivity index (χ3n) is 2.67. The Morgan fingerprint density at radius 1 is 1.53 bits per heavy atom.